The van der Waals surface area contributed by atoms with E-state index in [1.54, 1.807) is 13.8 Å². The van der Waals surface area contributed by atoms with Gasteiger partial charge in [0.05, 0.1) is 22.0 Å². The van der Waals surface area contributed by atoms with Crippen molar-refractivity contribution in [2.24, 2.45) is 5.41 Å². The van der Waals surface area contributed by atoms with Crippen molar-refractivity contribution in [2.75, 3.05) is 6.54 Å². The van der Waals surface area contributed by atoms with E-state index in [9.17, 15) is 29.2 Å². The molecule has 0 fully saturated rings. The van der Waals surface area contributed by atoms with Crippen LogP contribution in [-0.4, -0.2) is 28.5 Å². The molecule has 0 radical (unpaired) electrons. The Bertz CT molecular complexity index is 599. The number of carbonyl (C=O) groups excluding carboxylic acids is 1. The maximum Gasteiger partial charge on any atom is 0.311 e. The zero-order chi connectivity index (χ0) is 16.9. The van der Waals surface area contributed by atoms with E-state index in [1.165, 1.54) is 0 Å². The van der Waals surface area contributed by atoms with Gasteiger partial charge in [-0.2, -0.15) is 0 Å². The van der Waals surface area contributed by atoms with Gasteiger partial charge in [0, 0.05) is 12.6 Å². The molecule has 1 aromatic carbocycles. The van der Waals surface area contributed by atoms with Crippen molar-refractivity contribution >= 4 is 17.6 Å². The molecular formula is C14H17FN2O5. The number of carbonyl (C=O) groups is 2. The third-order valence-electron chi connectivity index (χ3n) is 3.80. The second-order valence-corrected chi connectivity index (χ2v) is 4.90. The molecule has 0 aromatic heterocycles. The number of carboxylic acids is 1. The predicted octanol–water partition coefficient (Wildman–Crippen LogP) is 2.35. The van der Waals surface area contributed by atoms with E-state index in [-0.39, 0.29) is 12.1 Å². The third kappa shape index (κ3) is 3.57. The van der Waals surface area contributed by atoms with Gasteiger partial charge >= 0.3 is 5.97 Å². The van der Waals surface area contributed by atoms with E-state index in [1.807, 2.05) is 0 Å². The van der Waals surface area contributed by atoms with E-state index >= 15 is 0 Å². The van der Waals surface area contributed by atoms with E-state index in [4.69, 9.17) is 0 Å². The van der Waals surface area contributed by atoms with E-state index in [2.05, 4.69) is 5.32 Å². The predicted molar refractivity (Wildman–Crippen MR) is 76.0 cm³/mol. The van der Waals surface area contributed by atoms with Crippen LogP contribution >= 0.6 is 0 Å². The van der Waals surface area contributed by atoms with Crippen LogP contribution in [0.15, 0.2) is 18.2 Å². The lowest BCUT2D eigenvalue weighted by Crippen LogP contribution is -2.42. The highest BCUT2D eigenvalue weighted by molar-refractivity contribution is 5.95. The summed E-state index contributed by atoms with van der Waals surface area (Å²) >= 11 is 0. The number of hydrogen-bond acceptors (Lipinski definition) is 4. The average Bonchev–Trinajstić information content (AvgIpc) is 2.48. The second kappa shape index (κ2) is 6.97. The molecule has 0 aliphatic rings. The lowest BCUT2D eigenvalue weighted by molar-refractivity contribution is -0.385. The SMILES string of the molecule is CCC(CC)(CNC(=O)c1ccc([N+](=O)[O-])cc1F)C(=O)O. The van der Waals surface area contributed by atoms with Gasteiger partial charge in [-0.25, -0.2) is 4.39 Å². The molecule has 0 aliphatic heterocycles. The van der Waals surface area contributed by atoms with Crippen LogP contribution in [0.3, 0.4) is 0 Å². The molecule has 22 heavy (non-hydrogen) atoms. The number of halogens is 1. The van der Waals surface area contributed by atoms with Crippen LogP contribution < -0.4 is 5.32 Å². The fraction of sp³-hybridized carbons (Fsp3) is 0.429. The first-order valence-electron chi connectivity index (χ1n) is 6.73. The van der Waals surface area contributed by atoms with Crippen molar-refractivity contribution in [3.05, 3.63) is 39.7 Å². The summed E-state index contributed by atoms with van der Waals surface area (Å²) in [4.78, 5) is 33.0. The van der Waals surface area contributed by atoms with E-state index in [0.29, 0.717) is 18.9 Å². The fourth-order valence-corrected chi connectivity index (χ4v) is 2.02. The molecule has 2 N–H and O–H groups in total. The van der Waals surface area contributed by atoms with Gasteiger partial charge in [0.2, 0.25) is 0 Å². The number of nitro groups is 1. The van der Waals surface area contributed by atoms with Gasteiger partial charge in [0.1, 0.15) is 5.82 Å². The van der Waals surface area contributed by atoms with Gasteiger partial charge in [-0.15, -0.1) is 0 Å². The molecule has 1 rings (SSSR count). The monoisotopic (exact) mass is 312 g/mol. The first kappa shape index (κ1) is 17.5. The molecule has 120 valence electrons. The Labute approximate surface area is 126 Å². The largest absolute Gasteiger partial charge is 0.481 e. The van der Waals surface area contributed by atoms with Gasteiger partial charge in [0.25, 0.3) is 11.6 Å². The molecule has 0 aliphatic carbocycles. The van der Waals surface area contributed by atoms with Crippen LogP contribution in [0.4, 0.5) is 10.1 Å². The highest BCUT2D eigenvalue weighted by atomic mass is 19.1. The molecule has 0 saturated heterocycles. The number of amides is 1. The van der Waals surface area contributed by atoms with Crippen molar-refractivity contribution in [1.29, 1.82) is 0 Å². The number of nitrogens with zero attached hydrogens (tertiary/aromatic N) is 1. The number of rotatable bonds is 7. The molecular weight excluding hydrogens is 295 g/mol. The van der Waals surface area contributed by atoms with Gasteiger partial charge in [0.15, 0.2) is 0 Å². The van der Waals surface area contributed by atoms with Crippen LogP contribution in [0, 0.1) is 21.3 Å². The number of carboxylic acid groups (broad SMARTS) is 1. The highest BCUT2D eigenvalue weighted by Crippen LogP contribution is 2.26. The van der Waals surface area contributed by atoms with Crippen LogP contribution in [0.1, 0.15) is 37.0 Å². The van der Waals surface area contributed by atoms with Crippen molar-refractivity contribution in [2.45, 2.75) is 26.7 Å². The molecule has 0 spiro atoms. The number of non-ortho nitro benzene ring substituents is 1. The summed E-state index contributed by atoms with van der Waals surface area (Å²) in [7, 11) is 0. The summed E-state index contributed by atoms with van der Waals surface area (Å²) in [5.74, 6) is -2.87. The zero-order valence-electron chi connectivity index (χ0n) is 12.3. The maximum absolute atomic E-state index is 13.7. The molecule has 8 heteroatoms. The average molecular weight is 312 g/mol. The smallest absolute Gasteiger partial charge is 0.311 e. The first-order valence-corrected chi connectivity index (χ1v) is 6.73. The summed E-state index contributed by atoms with van der Waals surface area (Å²) in [6, 6.07) is 2.67. The minimum absolute atomic E-state index is 0.148. The normalized spacial score (nSPS) is 11.0. The second-order valence-electron chi connectivity index (χ2n) is 4.90. The Hall–Kier alpha value is -2.51. The fourth-order valence-electron chi connectivity index (χ4n) is 2.02. The van der Waals surface area contributed by atoms with Crippen LogP contribution in [0.25, 0.3) is 0 Å². The minimum Gasteiger partial charge on any atom is -0.481 e. The third-order valence-corrected chi connectivity index (χ3v) is 3.80. The molecule has 7 nitrogen and oxygen atoms in total. The minimum atomic E-state index is -1.12. The zero-order valence-corrected chi connectivity index (χ0v) is 12.3. The van der Waals surface area contributed by atoms with Gasteiger partial charge < -0.3 is 10.4 Å². The summed E-state index contributed by atoms with van der Waals surface area (Å²) in [5, 5.41) is 22.2. The van der Waals surface area contributed by atoms with E-state index < -0.39 is 33.7 Å². The van der Waals surface area contributed by atoms with Gasteiger partial charge in [-0.3, -0.25) is 19.7 Å². The summed E-state index contributed by atoms with van der Waals surface area (Å²) in [6.07, 6.45) is 0.615. The quantitative estimate of drug-likeness (QED) is 0.593. The number of benzene rings is 1. The maximum atomic E-state index is 13.7. The van der Waals surface area contributed by atoms with Gasteiger partial charge in [-0.05, 0) is 18.9 Å². The first-order chi connectivity index (χ1) is 10.3. The van der Waals surface area contributed by atoms with Crippen molar-refractivity contribution < 1.29 is 24.0 Å². The molecule has 0 unspecified atom stereocenters. The molecule has 0 atom stereocenters. The molecule has 0 bridgehead atoms. The lowest BCUT2D eigenvalue weighted by Gasteiger charge is -2.26. The van der Waals surface area contributed by atoms with E-state index in [0.717, 1.165) is 12.1 Å². The van der Waals surface area contributed by atoms with Crippen molar-refractivity contribution in [3.8, 4) is 0 Å². The molecule has 0 saturated carbocycles. The van der Waals surface area contributed by atoms with Crippen LogP contribution in [-0.2, 0) is 4.79 Å². The Morgan fingerprint density at radius 3 is 2.36 bits per heavy atom. The summed E-state index contributed by atoms with van der Waals surface area (Å²) in [6.45, 7) is 3.23. The van der Waals surface area contributed by atoms with Crippen molar-refractivity contribution in [3.63, 3.8) is 0 Å². The number of hydrogen-bond donors (Lipinski definition) is 2. The van der Waals surface area contributed by atoms with Crippen molar-refractivity contribution in [1.82, 2.24) is 5.32 Å². The van der Waals surface area contributed by atoms with Crippen LogP contribution in [0.5, 0.6) is 0 Å². The highest BCUT2D eigenvalue weighted by Gasteiger charge is 2.35. The molecule has 0 heterocycles. The van der Waals surface area contributed by atoms with Gasteiger partial charge in [-0.1, -0.05) is 13.8 Å². The summed E-state index contributed by atoms with van der Waals surface area (Å²) in [5.41, 5.74) is -1.94. The Morgan fingerprint density at radius 2 is 1.95 bits per heavy atom. The lowest BCUT2D eigenvalue weighted by atomic mass is 9.82. The number of nitro benzene ring substituents is 1. The number of nitrogens with one attached hydrogen (secondary N) is 1. The Morgan fingerprint density at radius 1 is 1.36 bits per heavy atom. The van der Waals surface area contributed by atoms with Crippen LogP contribution in [0.2, 0.25) is 0 Å². The Balaban J connectivity index is 2.90. The standard InChI is InChI=1S/C14H17FN2O5/c1-3-14(4-2,13(19)20)8-16-12(18)10-6-5-9(17(21)22)7-11(10)15/h5-7H,3-4,8H2,1-2H3,(H,16,18)(H,19,20). The molecule has 1 amide bonds. The molecule has 1 aromatic rings. The number of aliphatic carboxylic acids is 1. The summed E-state index contributed by atoms with van der Waals surface area (Å²) < 4.78 is 13.7. The topological polar surface area (TPSA) is 110 Å². The Kier molecular flexibility index (Phi) is 5.56.